The van der Waals surface area contributed by atoms with Gasteiger partial charge in [0, 0.05) is 19.3 Å². The van der Waals surface area contributed by atoms with E-state index in [1.807, 2.05) is 24.3 Å². The molecule has 2 heterocycles. The largest absolute Gasteiger partial charge is 0.350 e. The molecule has 122 valence electrons. The Hall–Kier alpha value is -2.71. The van der Waals surface area contributed by atoms with Crippen molar-refractivity contribution in [1.29, 1.82) is 0 Å². The first kappa shape index (κ1) is 16.2. The zero-order valence-electron chi connectivity index (χ0n) is 12.7. The summed E-state index contributed by atoms with van der Waals surface area (Å²) < 4.78 is 0. The summed E-state index contributed by atoms with van der Waals surface area (Å²) in [6, 6.07) is 9.60. The minimum Gasteiger partial charge on any atom is -0.350 e. The van der Waals surface area contributed by atoms with Crippen LogP contribution in [0.5, 0.6) is 0 Å². The average molecular weight is 341 g/mol. The van der Waals surface area contributed by atoms with E-state index < -0.39 is 5.91 Å². The van der Waals surface area contributed by atoms with E-state index in [0.717, 1.165) is 22.9 Å². The Labute approximate surface area is 142 Å². The molecule has 2 aromatic rings. The first-order valence-corrected chi connectivity index (χ1v) is 8.05. The van der Waals surface area contributed by atoms with Gasteiger partial charge in [-0.25, -0.2) is 9.97 Å². The third kappa shape index (κ3) is 3.98. The van der Waals surface area contributed by atoms with E-state index in [9.17, 15) is 9.59 Å². The molecule has 1 fully saturated rings. The molecule has 8 heteroatoms. The predicted octanol–water partition coefficient (Wildman–Crippen LogP) is 1.87. The number of anilines is 1. The molecule has 1 saturated heterocycles. The minimum absolute atomic E-state index is 0.320. The predicted molar refractivity (Wildman–Crippen MR) is 92.8 cm³/mol. The van der Waals surface area contributed by atoms with E-state index in [4.69, 9.17) is 5.73 Å². The van der Waals surface area contributed by atoms with Crippen molar-refractivity contribution >= 4 is 34.9 Å². The number of aromatic nitrogens is 2. The lowest BCUT2D eigenvalue weighted by Gasteiger charge is -2.07. The van der Waals surface area contributed by atoms with Crippen molar-refractivity contribution in [2.45, 2.75) is 13.1 Å². The van der Waals surface area contributed by atoms with E-state index >= 15 is 0 Å². The van der Waals surface area contributed by atoms with Gasteiger partial charge in [-0.15, -0.1) is 0 Å². The lowest BCUT2D eigenvalue weighted by atomic mass is 10.1. The van der Waals surface area contributed by atoms with Gasteiger partial charge in [0.25, 0.3) is 11.1 Å². The fourth-order valence-electron chi connectivity index (χ4n) is 2.14. The Bertz CT molecular complexity index is 822. The molecule has 4 N–H and O–H groups in total. The third-order valence-electron chi connectivity index (χ3n) is 3.28. The van der Waals surface area contributed by atoms with E-state index in [0.29, 0.717) is 29.6 Å². The lowest BCUT2D eigenvalue weighted by molar-refractivity contribution is -0.115. The van der Waals surface area contributed by atoms with Gasteiger partial charge < -0.3 is 11.1 Å². The Morgan fingerprint density at radius 2 is 2.08 bits per heavy atom. The van der Waals surface area contributed by atoms with Gasteiger partial charge in [-0.1, -0.05) is 24.3 Å². The van der Waals surface area contributed by atoms with Crippen molar-refractivity contribution in [3.05, 3.63) is 58.3 Å². The minimum atomic E-state index is -0.406. The zero-order chi connectivity index (χ0) is 16.9. The summed E-state index contributed by atoms with van der Waals surface area (Å²) in [5.74, 6) is 0.0361. The van der Waals surface area contributed by atoms with Crippen LogP contribution in [0.3, 0.4) is 0 Å². The summed E-state index contributed by atoms with van der Waals surface area (Å²) in [5, 5.41) is 4.96. The van der Waals surface area contributed by atoms with Crippen molar-refractivity contribution in [2.75, 3.05) is 5.32 Å². The fourth-order valence-corrected chi connectivity index (χ4v) is 2.81. The van der Waals surface area contributed by atoms with Gasteiger partial charge in [0.1, 0.15) is 0 Å². The molecule has 7 nitrogen and oxygen atoms in total. The number of thioether (sulfide) groups is 1. The molecule has 0 spiro atoms. The fraction of sp³-hybridized carbons (Fsp3) is 0.125. The molecule has 0 atom stereocenters. The molecule has 1 aromatic carbocycles. The summed E-state index contributed by atoms with van der Waals surface area (Å²) in [5.41, 5.74) is 8.31. The molecule has 1 aromatic heterocycles. The number of amides is 2. The van der Waals surface area contributed by atoms with Crippen LogP contribution in [0.15, 0.2) is 41.4 Å². The zero-order valence-corrected chi connectivity index (χ0v) is 13.5. The number of carbonyl (C=O) groups is 2. The molecule has 24 heavy (non-hydrogen) atoms. The van der Waals surface area contributed by atoms with E-state index in [-0.39, 0.29) is 5.24 Å². The van der Waals surface area contributed by atoms with Crippen LogP contribution in [-0.4, -0.2) is 21.1 Å². The van der Waals surface area contributed by atoms with Gasteiger partial charge >= 0.3 is 0 Å². The van der Waals surface area contributed by atoms with Crippen LogP contribution in [0.2, 0.25) is 0 Å². The summed E-state index contributed by atoms with van der Waals surface area (Å²) in [6.07, 6.45) is 3.16. The van der Waals surface area contributed by atoms with Gasteiger partial charge in [0.05, 0.1) is 10.6 Å². The van der Waals surface area contributed by atoms with Crippen LogP contribution in [0, 0.1) is 0 Å². The average Bonchev–Trinajstić information content (AvgIpc) is 2.91. The first-order chi connectivity index (χ1) is 11.6. The highest BCUT2D eigenvalue weighted by atomic mass is 32.2. The number of rotatable bonds is 5. The topological polar surface area (TPSA) is 110 Å². The van der Waals surface area contributed by atoms with E-state index in [1.54, 1.807) is 18.3 Å². The molecule has 0 aliphatic carbocycles. The van der Waals surface area contributed by atoms with Crippen LogP contribution < -0.4 is 16.4 Å². The summed E-state index contributed by atoms with van der Waals surface area (Å²) in [4.78, 5) is 31.5. The molecule has 0 bridgehead atoms. The highest BCUT2D eigenvalue weighted by Crippen LogP contribution is 2.25. The van der Waals surface area contributed by atoms with E-state index in [1.165, 1.54) is 0 Å². The SMILES string of the molecule is NCc1cccc(CNc2nccc(C=C3SC(=O)NC3=O)n2)c1. The lowest BCUT2D eigenvalue weighted by Crippen LogP contribution is -2.17. The van der Waals surface area contributed by atoms with Crippen LogP contribution in [0.25, 0.3) is 6.08 Å². The van der Waals surface area contributed by atoms with Gasteiger partial charge in [-0.2, -0.15) is 0 Å². The quantitative estimate of drug-likeness (QED) is 0.712. The molecule has 1 aliphatic heterocycles. The summed E-state index contributed by atoms with van der Waals surface area (Å²) >= 11 is 0.858. The maximum absolute atomic E-state index is 11.6. The Balaban J connectivity index is 1.70. The Morgan fingerprint density at radius 1 is 1.25 bits per heavy atom. The first-order valence-electron chi connectivity index (χ1n) is 7.24. The van der Waals surface area contributed by atoms with Crippen LogP contribution >= 0.6 is 11.8 Å². The van der Waals surface area contributed by atoms with Gasteiger partial charge in [0.15, 0.2) is 0 Å². The van der Waals surface area contributed by atoms with Gasteiger partial charge in [-0.05, 0) is 35.0 Å². The maximum atomic E-state index is 11.6. The van der Waals surface area contributed by atoms with Gasteiger partial charge in [0.2, 0.25) is 5.95 Å². The number of benzene rings is 1. The Kier molecular flexibility index (Phi) is 4.88. The number of hydrogen-bond acceptors (Lipinski definition) is 7. The van der Waals surface area contributed by atoms with E-state index in [2.05, 4.69) is 20.6 Å². The number of nitrogens with two attached hydrogens (primary N) is 1. The highest BCUT2D eigenvalue weighted by molar-refractivity contribution is 8.18. The molecule has 1 aliphatic rings. The van der Waals surface area contributed by atoms with Crippen molar-refractivity contribution in [3.63, 3.8) is 0 Å². The Morgan fingerprint density at radius 3 is 2.83 bits per heavy atom. The molecule has 0 saturated carbocycles. The molecular formula is C16H15N5O2S. The molecular weight excluding hydrogens is 326 g/mol. The standard InChI is InChI=1S/C16H15N5O2S/c17-8-10-2-1-3-11(6-10)9-19-15-18-5-4-12(20-15)7-13-14(22)21-16(23)24-13/h1-7H,8-9,17H2,(H,18,19,20)(H,21,22,23). The number of nitrogens with zero attached hydrogens (tertiary/aromatic N) is 2. The second-order valence-corrected chi connectivity index (χ2v) is 6.05. The second-order valence-electron chi connectivity index (χ2n) is 5.03. The maximum Gasteiger partial charge on any atom is 0.290 e. The monoisotopic (exact) mass is 341 g/mol. The number of hydrogen-bond donors (Lipinski definition) is 3. The normalized spacial score (nSPS) is 15.6. The van der Waals surface area contributed by atoms with Crippen LogP contribution in [-0.2, 0) is 17.9 Å². The van der Waals surface area contributed by atoms with Gasteiger partial charge in [-0.3, -0.25) is 14.9 Å². The molecule has 2 amide bonds. The summed E-state index contributed by atoms with van der Waals surface area (Å²) in [7, 11) is 0. The molecule has 0 unspecified atom stereocenters. The molecule has 3 rings (SSSR count). The van der Waals surface area contributed by atoms with Crippen LogP contribution in [0.4, 0.5) is 10.7 Å². The second kappa shape index (κ2) is 7.24. The number of imide groups is 1. The van der Waals surface area contributed by atoms with Crippen molar-refractivity contribution in [2.24, 2.45) is 5.73 Å². The van der Waals surface area contributed by atoms with Crippen molar-refractivity contribution < 1.29 is 9.59 Å². The number of carbonyl (C=O) groups excluding carboxylic acids is 2. The van der Waals surface area contributed by atoms with Crippen LogP contribution in [0.1, 0.15) is 16.8 Å². The molecule has 0 radical (unpaired) electrons. The summed E-state index contributed by atoms with van der Waals surface area (Å²) in [6.45, 7) is 1.05. The van der Waals surface area contributed by atoms with Crippen molar-refractivity contribution in [3.8, 4) is 0 Å². The van der Waals surface area contributed by atoms with Crippen molar-refractivity contribution in [1.82, 2.24) is 15.3 Å². The third-order valence-corrected chi connectivity index (χ3v) is 4.09. The number of nitrogens with one attached hydrogen (secondary N) is 2. The highest BCUT2D eigenvalue weighted by Gasteiger charge is 2.25. The smallest absolute Gasteiger partial charge is 0.290 e.